The summed E-state index contributed by atoms with van der Waals surface area (Å²) < 4.78 is 12.6. The van der Waals surface area contributed by atoms with Crippen LogP contribution in [0.25, 0.3) is 31.0 Å². The van der Waals surface area contributed by atoms with Crippen LogP contribution in [-0.4, -0.2) is 143 Å². The van der Waals surface area contributed by atoms with Crippen LogP contribution in [0.1, 0.15) is 53.9 Å². The molecule has 6 aromatic rings. The Labute approximate surface area is 415 Å². The Balaban J connectivity index is 0.743. The number of amides is 3. The van der Waals surface area contributed by atoms with Gasteiger partial charge < -0.3 is 40.3 Å². The van der Waals surface area contributed by atoms with Crippen molar-refractivity contribution in [3.05, 3.63) is 119 Å². The molecule has 70 heavy (non-hydrogen) atoms. The summed E-state index contributed by atoms with van der Waals surface area (Å²) in [6.07, 6.45) is 1.15. The number of phenols is 2. The van der Waals surface area contributed by atoms with Gasteiger partial charge in [-0.25, -0.2) is 4.98 Å². The highest BCUT2D eigenvalue weighted by atomic mass is 32.1. The van der Waals surface area contributed by atoms with Crippen LogP contribution in [0.15, 0.2) is 96.5 Å². The van der Waals surface area contributed by atoms with Gasteiger partial charge in [-0.2, -0.15) is 0 Å². The molecule has 1 unspecified atom stereocenters. The standard InChI is InChI=1S/C53H60N6O9S2/c1-34-48(69-33-55-34)37-8-6-35(7-9-37)30-54-51(65)43-5-4-20-59(43)52(66)50(53(2,3)32-60)56-45(63)31-67-27-25-57-21-23-58(24-22-57)26-28-68-41-17-12-36(13-18-41)47(64)46-42-19-16-40(62)29-44(42)70-49(46)38-10-14-39(61)15-11-38/h6-19,29,33,43,50,60-62H,4-5,20-28,30-32H2,1-3H3,(H,54,65)(H,56,63)/t43?,50-/m1/s1. The number of ketones is 1. The zero-order valence-electron chi connectivity index (χ0n) is 39.7. The van der Waals surface area contributed by atoms with E-state index in [1.54, 1.807) is 91.9 Å². The third-order valence-corrected chi connectivity index (χ3v) is 15.3. The number of aliphatic hydroxyl groups excluding tert-OH is 1. The van der Waals surface area contributed by atoms with E-state index in [9.17, 15) is 34.5 Å². The summed E-state index contributed by atoms with van der Waals surface area (Å²) in [6, 6.07) is 25.1. The SMILES string of the molecule is Cc1ncsc1-c1ccc(CNC(=O)C2CCCN2C(=O)[C@@H](NC(=O)COCCN2CCN(CCOc3ccc(C(=O)c4c(-c5ccc(O)cc5)sc5cc(O)ccc45)cc3)CC2)C(C)(C)CO)cc1. The number of hydrogen-bond acceptors (Lipinski definition) is 14. The number of nitrogens with one attached hydrogen (secondary N) is 2. The van der Waals surface area contributed by atoms with Gasteiger partial charge in [-0.15, -0.1) is 22.7 Å². The lowest BCUT2D eigenvalue weighted by Crippen LogP contribution is -2.59. The molecule has 3 amide bonds. The maximum atomic E-state index is 14.1. The Kier molecular flexibility index (Phi) is 16.3. The van der Waals surface area contributed by atoms with Gasteiger partial charge in [0.1, 0.15) is 42.5 Å². The number of carbonyl (C=O) groups is 4. The molecule has 0 saturated carbocycles. The monoisotopic (exact) mass is 988 g/mol. The summed E-state index contributed by atoms with van der Waals surface area (Å²) in [6.45, 7) is 11.0. The van der Waals surface area contributed by atoms with Gasteiger partial charge in [0, 0.05) is 83.9 Å². The summed E-state index contributed by atoms with van der Waals surface area (Å²) in [5.41, 5.74) is 5.65. The molecule has 15 nitrogen and oxygen atoms in total. The molecule has 0 spiro atoms. The molecule has 368 valence electrons. The number of aromatic hydroxyl groups is 2. The number of aromatic nitrogens is 1. The molecule has 2 atom stereocenters. The average Bonchev–Trinajstić information content (AvgIpc) is 4.13. The van der Waals surface area contributed by atoms with Crippen LogP contribution in [0.4, 0.5) is 0 Å². The summed E-state index contributed by atoms with van der Waals surface area (Å²) in [7, 11) is 0. The second-order valence-electron chi connectivity index (χ2n) is 18.5. The van der Waals surface area contributed by atoms with Crippen molar-refractivity contribution in [3.63, 3.8) is 0 Å². The van der Waals surface area contributed by atoms with Crippen molar-refractivity contribution >= 4 is 56.3 Å². The van der Waals surface area contributed by atoms with Gasteiger partial charge in [0.2, 0.25) is 17.7 Å². The number of benzene rings is 4. The van der Waals surface area contributed by atoms with Crippen molar-refractivity contribution in [2.45, 2.75) is 52.2 Å². The first kappa shape index (κ1) is 50.2. The predicted octanol–water partition coefficient (Wildman–Crippen LogP) is 6.47. The van der Waals surface area contributed by atoms with Gasteiger partial charge in [-0.1, -0.05) is 38.1 Å². The molecule has 2 fully saturated rings. The second kappa shape index (κ2) is 22.7. The van der Waals surface area contributed by atoms with Crippen LogP contribution in [0, 0.1) is 12.3 Å². The Morgan fingerprint density at radius 3 is 2.16 bits per heavy atom. The number of rotatable bonds is 20. The van der Waals surface area contributed by atoms with Gasteiger partial charge in [-0.3, -0.25) is 29.0 Å². The number of likely N-dealkylation sites (tertiary alicyclic amines) is 1. The maximum absolute atomic E-state index is 14.1. The minimum Gasteiger partial charge on any atom is -0.508 e. The van der Waals surface area contributed by atoms with Crippen molar-refractivity contribution in [2.24, 2.45) is 5.41 Å². The molecule has 0 aliphatic carbocycles. The Morgan fingerprint density at radius 1 is 0.829 bits per heavy atom. The first-order chi connectivity index (χ1) is 33.8. The van der Waals surface area contributed by atoms with Crippen LogP contribution >= 0.6 is 22.7 Å². The zero-order chi connectivity index (χ0) is 49.4. The molecule has 17 heteroatoms. The lowest BCUT2D eigenvalue weighted by atomic mass is 9.84. The topological polar surface area (TPSA) is 194 Å². The van der Waals surface area contributed by atoms with E-state index in [-0.39, 0.29) is 36.4 Å². The van der Waals surface area contributed by atoms with Crippen LogP contribution in [0.2, 0.25) is 0 Å². The quantitative estimate of drug-likeness (QED) is 0.0415. The fourth-order valence-corrected chi connectivity index (χ4v) is 10.9. The number of piperazine rings is 1. The molecule has 2 saturated heterocycles. The zero-order valence-corrected chi connectivity index (χ0v) is 41.3. The number of fused-ring (bicyclic) bond motifs is 1. The van der Waals surface area contributed by atoms with Crippen molar-refractivity contribution in [2.75, 3.05) is 72.2 Å². The highest BCUT2D eigenvalue weighted by Crippen LogP contribution is 2.41. The Morgan fingerprint density at radius 2 is 1.49 bits per heavy atom. The lowest BCUT2D eigenvalue weighted by Gasteiger charge is -2.36. The van der Waals surface area contributed by atoms with E-state index in [1.165, 1.54) is 16.2 Å². The highest BCUT2D eigenvalue weighted by Gasteiger charge is 2.43. The molecule has 2 aliphatic rings. The van der Waals surface area contributed by atoms with Crippen LogP contribution < -0.4 is 15.4 Å². The van der Waals surface area contributed by atoms with E-state index in [4.69, 9.17) is 9.47 Å². The second-order valence-corrected chi connectivity index (χ2v) is 20.4. The van der Waals surface area contributed by atoms with Crippen molar-refractivity contribution in [3.8, 4) is 38.1 Å². The van der Waals surface area contributed by atoms with Crippen LogP contribution in [-0.2, 0) is 25.7 Å². The highest BCUT2D eigenvalue weighted by molar-refractivity contribution is 7.22. The minimum absolute atomic E-state index is 0.124. The van der Waals surface area contributed by atoms with Gasteiger partial charge in [-0.05, 0) is 103 Å². The molecule has 2 aromatic heterocycles. The number of aliphatic hydroxyl groups is 1. The molecule has 5 N–H and O–H groups in total. The number of ether oxygens (including phenoxy) is 2. The smallest absolute Gasteiger partial charge is 0.246 e. The van der Waals surface area contributed by atoms with E-state index < -0.39 is 29.3 Å². The van der Waals surface area contributed by atoms with E-state index in [0.29, 0.717) is 62.6 Å². The van der Waals surface area contributed by atoms with Gasteiger partial charge in [0.15, 0.2) is 5.78 Å². The third-order valence-electron chi connectivity index (χ3n) is 13.1. The number of thiazole rings is 1. The molecule has 2 aliphatic heterocycles. The number of nitrogens with zero attached hydrogens (tertiary/aromatic N) is 4. The van der Waals surface area contributed by atoms with Gasteiger partial charge in [0.25, 0.3) is 0 Å². The average molecular weight is 989 g/mol. The fraction of sp³-hybridized carbons (Fsp3) is 0.377. The molecular formula is C53H60N6O9S2. The molecule has 4 heterocycles. The number of phenolic OH excluding ortho intramolecular Hbond substituents is 2. The first-order valence-electron chi connectivity index (χ1n) is 23.6. The predicted molar refractivity (Wildman–Crippen MR) is 271 cm³/mol. The Hall–Kier alpha value is -6.21. The fourth-order valence-electron chi connectivity index (χ4n) is 8.88. The first-order valence-corrected chi connectivity index (χ1v) is 25.3. The van der Waals surface area contributed by atoms with Gasteiger partial charge >= 0.3 is 0 Å². The number of thiophene rings is 1. The summed E-state index contributed by atoms with van der Waals surface area (Å²) >= 11 is 3.00. The van der Waals surface area contributed by atoms with Gasteiger partial charge in [0.05, 0.1) is 29.3 Å². The van der Waals surface area contributed by atoms with Crippen molar-refractivity contribution < 1.29 is 44.0 Å². The van der Waals surface area contributed by atoms with Crippen LogP contribution in [0.3, 0.4) is 0 Å². The third kappa shape index (κ3) is 12.0. The van der Waals surface area contributed by atoms with E-state index >= 15 is 0 Å². The molecule has 4 aromatic carbocycles. The molecular weight excluding hydrogens is 929 g/mol. The number of hydrogen-bond donors (Lipinski definition) is 5. The summed E-state index contributed by atoms with van der Waals surface area (Å²) in [4.78, 5) is 67.0. The molecule has 0 radical (unpaired) electrons. The number of aryl methyl sites for hydroxylation is 1. The van der Waals surface area contributed by atoms with Crippen LogP contribution in [0.5, 0.6) is 17.2 Å². The maximum Gasteiger partial charge on any atom is 0.246 e. The Bertz CT molecular complexity index is 2770. The largest absolute Gasteiger partial charge is 0.508 e. The van der Waals surface area contributed by atoms with Crippen molar-refractivity contribution in [1.82, 2.24) is 30.3 Å². The summed E-state index contributed by atoms with van der Waals surface area (Å²) in [5, 5.41) is 36.8. The normalized spacial score (nSPS) is 16.1. The van der Waals surface area contributed by atoms with E-state index in [0.717, 1.165) is 74.9 Å². The lowest BCUT2D eigenvalue weighted by molar-refractivity contribution is -0.145. The van der Waals surface area contributed by atoms with E-state index in [1.807, 2.05) is 36.7 Å². The van der Waals surface area contributed by atoms with Crippen molar-refractivity contribution in [1.29, 1.82) is 0 Å². The molecule has 8 rings (SSSR count). The molecule has 0 bridgehead atoms. The van der Waals surface area contributed by atoms with E-state index in [2.05, 4.69) is 25.4 Å². The minimum atomic E-state index is -1.06. The number of carbonyl (C=O) groups excluding carboxylic acids is 4. The summed E-state index contributed by atoms with van der Waals surface area (Å²) in [5.74, 6) is -0.363.